The molecule has 0 bridgehead atoms. The summed E-state index contributed by atoms with van der Waals surface area (Å²) in [6.45, 7) is 4.14. The van der Waals surface area contributed by atoms with Crippen LogP contribution in [0.4, 0.5) is 5.95 Å². The molecule has 0 aliphatic heterocycles. The van der Waals surface area contributed by atoms with Crippen molar-refractivity contribution in [1.29, 1.82) is 0 Å². The van der Waals surface area contributed by atoms with Gasteiger partial charge in [-0.25, -0.2) is 9.78 Å². The van der Waals surface area contributed by atoms with Crippen LogP contribution in [-0.4, -0.2) is 41.2 Å². The van der Waals surface area contributed by atoms with Crippen LogP contribution in [0, 0.1) is 5.92 Å². The first kappa shape index (κ1) is 15.8. The number of rotatable bonds is 7. The Morgan fingerprint density at radius 1 is 1.52 bits per heavy atom. The molecular formula is C13H18ClN3O4. The molecule has 1 heterocycles. The van der Waals surface area contributed by atoms with E-state index in [4.69, 9.17) is 21.1 Å². The first-order valence-corrected chi connectivity index (χ1v) is 7.24. The molecule has 1 aliphatic carbocycles. The molecule has 1 aromatic heterocycles. The Kier molecular flexibility index (Phi) is 5.19. The molecule has 2 rings (SSSR count). The molecule has 8 heteroatoms. The number of hydrogen-bond acceptors (Lipinski definition) is 5. The van der Waals surface area contributed by atoms with Crippen molar-refractivity contribution in [3.05, 3.63) is 10.8 Å². The summed E-state index contributed by atoms with van der Waals surface area (Å²) < 4.78 is 10.2. The molecule has 1 aromatic rings. The van der Waals surface area contributed by atoms with Gasteiger partial charge in [-0.15, -0.1) is 0 Å². The first-order chi connectivity index (χ1) is 10.0. The fraction of sp³-hybridized carbons (Fsp3) is 0.615. The van der Waals surface area contributed by atoms with E-state index >= 15 is 0 Å². The van der Waals surface area contributed by atoms with Gasteiger partial charge in [0.2, 0.25) is 5.95 Å². The normalized spacial score (nSPS) is 15.6. The minimum Gasteiger partial charge on any atom is -0.461 e. The summed E-state index contributed by atoms with van der Waals surface area (Å²) in [7, 11) is 0. The van der Waals surface area contributed by atoms with Crippen LogP contribution in [-0.2, 0) is 14.3 Å². The number of aromatic amines is 1. The average molecular weight is 316 g/mol. The smallest absolute Gasteiger partial charge is 0.360 e. The minimum absolute atomic E-state index is 0.0234. The Labute approximate surface area is 127 Å². The maximum atomic E-state index is 11.9. The maximum absolute atomic E-state index is 11.9. The van der Waals surface area contributed by atoms with Gasteiger partial charge < -0.3 is 14.5 Å². The van der Waals surface area contributed by atoms with Crippen LogP contribution < -0.4 is 5.32 Å². The van der Waals surface area contributed by atoms with Crippen molar-refractivity contribution < 1.29 is 19.1 Å². The number of carbonyl (C=O) groups is 2. The lowest BCUT2D eigenvalue weighted by Crippen LogP contribution is -2.28. The predicted octanol–water partition coefficient (Wildman–Crippen LogP) is 1.99. The third-order valence-electron chi connectivity index (χ3n) is 3.02. The summed E-state index contributed by atoms with van der Waals surface area (Å²) in [5, 5.41) is 2.54. The number of aromatic nitrogens is 2. The number of ether oxygens (including phenoxy) is 2. The first-order valence-electron chi connectivity index (χ1n) is 6.86. The number of halogens is 1. The molecule has 0 saturated heterocycles. The van der Waals surface area contributed by atoms with Gasteiger partial charge in [0, 0.05) is 0 Å². The summed E-state index contributed by atoms with van der Waals surface area (Å²) in [6, 6.07) is 0. The molecule has 1 fully saturated rings. The summed E-state index contributed by atoms with van der Waals surface area (Å²) in [5.74, 6) is -0.322. The molecule has 1 unspecified atom stereocenters. The van der Waals surface area contributed by atoms with Gasteiger partial charge in [-0.2, -0.15) is 0 Å². The zero-order valence-corrected chi connectivity index (χ0v) is 12.7. The van der Waals surface area contributed by atoms with Gasteiger partial charge in [-0.05, 0) is 32.6 Å². The van der Waals surface area contributed by atoms with E-state index in [-0.39, 0.29) is 29.3 Å². The zero-order chi connectivity index (χ0) is 15.4. The highest BCUT2D eigenvalue weighted by molar-refractivity contribution is 6.32. The Hall–Kier alpha value is -1.60. The van der Waals surface area contributed by atoms with Crippen LogP contribution in [0.2, 0.25) is 5.15 Å². The van der Waals surface area contributed by atoms with Crippen molar-refractivity contribution in [1.82, 2.24) is 9.97 Å². The van der Waals surface area contributed by atoms with Crippen molar-refractivity contribution in [2.75, 3.05) is 18.5 Å². The number of anilines is 1. The number of esters is 1. The Bertz CT molecular complexity index is 527. The van der Waals surface area contributed by atoms with Crippen LogP contribution in [0.3, 0.4) is 0 Å². The largest absolute Gasteiger partial charge is 0.461 e. The quantitative estimate of drug-likeness (QED) is 0.751. The van der Waals surface area contributed by atoms with E-state index in [2.05, 4.69) is 15.3 Å². The molecule has 1 saturated carbocycles. The molecule has 1 atom stereocenters. The van der Waals surface area contributed by atoms with Gasteiger partial charge in [-0.3, -0.25) is 10.1 Å². The van der Waals surface area contributed by atoms with Gasteiger partial charge in [0.15, 0.2) is 5.69 Å². The molecule has 21 heavy (non-hydrogen) atoms. The Balaban J connectivity index is 1.90. The number of nitrogens with one attached hydrogen (secondary N) is 2. The molecule has 7 nitrogen and oxygen atoms in total. The van der Waals surface area contributed by atoms with Crippen LogP contribution in [0.15, 0.2) is 0 Å². The van der Waals surface area contributed by atoms with Crippen LogP contribution in [0.1, 0.15) is 37.2 Å². The molecule has 116 valence electrons. The van der Waals surface area contributed by atoms with Gasteiger partial charge in [0.1, 0.15) is 11.3 Å². The zero-order valence-electron chi connectivity index (χ0n) is 11.9. The lowest BCUT2D eigenvalue weighted by molar-refractivity contribution is -0.126. The highest BCUT2D eigenvalue weighted by Crippen LogP contribution is 2.29. The van der Waals surface area contributed by atoms with E-state index < -0.39 is 12.1 Å². The Morgan fingerprint density at radius 3 is 2.86 bits per heavy atom. The lowest BCUT2D eigenvalue weighted by atomic mass is 10.3. The number of nitrogens with zero attached hydrogens (tertiary/aromatic N) is 1. The molecular weight excluding hydrogens is 298 g/mol. The number of amides is 1. The van der Waals surface area contributed by atoms with E-state index in [1.54, 1.807) is 13.8 Å². The summed E-state index contributed by atoms with van der Waals surface area (Å²) in [5.41, 5.74) is -0.0552. The van der Waals surface area contributed by atoms with E-state index in [0.29, 0.717) is 12.5 Å². The number of H-pyrrole nitrogens is 1. The number of hydrogen-bond donors (Lipinski definition) is 2. The van der Waals surface area contributed by atoms with E-state index in [0.717, 1.165) is 12.8 Å². The second-order valence-electron chi connectivity index (χ2n) is 4.88. The monoisotopic (exact) mass is 315 g/mol. The molecule has 0 radical (unpaired) electrons. The number of carbonyl (C=O) groups excluding carboxylic acids is 2. The van der Waals surface area contributed by atoms with E-state index in [9.17, 15) is 9.59 Å². The van der Waals surface area contributed by atoms with Crippen molar-refractivity contribution in [2.24, 2.45) is 5.92 Å². The van der Waals surface area contributed by atoms with Crippen molar-refractivity contribution in [3.8, 4) is 0 Å². The molecule has 0 aromatic carbocycles. The topological polar surface area (TPSA) is 93.3 Å². The SMILES string of the molecule is CCOC(=O)c1nc(NC(=O)C(C)OCC2CC2)[nH]c1Cl. The minimum atomic E-state index is -0.641. The average Bonchev–Trinajstić information content (AvgIpc) is 3.19. The molecule has 0 spiro atoms. The third kappa shape index (κ3) is 4.44. The third-order valence-corrected chi connectivity index (χ3v) is 3.29. The van der Waals surface area contributed by atoms with Gasteiger partial charge in [0.05, 0.1) is 13.2 Å². The summed E-state index contributed by atoms with van der Waals surface area (Å²) in [6.07, 6.45) is 1.72. The van der Waals surface area contributed by atoms with Crippen molar-refractivity contribution in [2.45, 2.75) is 32.8 Å². The van der Waals surface area contributed by atoms with Crippen LogP contribution >= 0.6 is 11.6 Å². The second kappa shape index (κ2) is 6.91. The van der Waals surface area contributed by atoms with Crippen molar-refractivity contribution in [3.63, 3.8) is 0 Å². The summed E-state index contributed by atoms with van der Waals surface area (Å²) in [4.78, 5) is 30.0. The van der Waals surface area contributed by atoms with Gasteiger partial charge >= 0.3 is 5.97 Å². The highest BCUT2D eigenvalue weighted by Gasteiger charge is 2.25. The Morgan fingerprint density at radius 2 is 2.24 bits per heavy atom. The van der Waals surface area contributed by atoms with E-state index in [1.807, 2.05) is 0 Å². The fourth-order valence-corrected chi connectivity index (χ4v) is 1.81. The van der Waals surface area contributed by atoms with Gasteiger partial charge in [0.25, 0.3) is 5.91 Å². The highest BCUT2D eigenvalue weighted by atomic mass is 35.5. The standard InChI is InChI=1S/C13H18ClN3O4/c1-3-20-12(19)9-10(14)16-13(15-9)17-11(18)7(2)21-6-8-4-5-8/h7-8H,3-6H2,1-2H3,(H2,15,16,17,18). The molecule has 1 aliphatic rings. The fourth-order valence-electron chi connectivity index (χ4n) is 1.60. The second-order valence-corrected chi connectivity index (χ2v) is 5.25. The van der Waals surface area contributed by atoms with E-state index in [1.165, 1.54) is 0 Å². The summed E-state index contributed by atoms with van der Waals surface area (Å²) >= 11 is 5.85. The molecule has 1 amide bonds. The predicted molar refractivity (Wildman–Crippen MR) is 76.3 cm³/mol. The van der Waals surface area contributed by atoms with Crippen molar-refractivity contribution >= 4 is 29.4 Å². The number of imidazole rings is 1. The van der Waals surface area contributed by atoms with Gasteiger partial charge in [-0.1, -0.05) is 11.6 Å². The van der Waals surface area contributed by atoms with Crippen LogP contribution in [0.25, 0.3) is 0 Å². The molecule has 2 N–H and O–H groups in total. The van der Waals surface area contributed by atoms with Crippen LogP contribution in [0.5, 0.6) is 0 Å². The lowest BCUT2D eigenvalue weighted by Gasteiger charge is -2.11. The maximum Gasteiger partial charge on any atom is 0.360 e.